The molecule has 3 N–H and O–H groups in total. The number of fused-ring (bicyclic) bond motifs is 1. The highest BCUT2D eigenvalue weighted by molar-refractivity contribution is 7.99. The number of likely N-dealkylation sites (N-methyl/N-ethyl adjacent to an activating group) is 1. The lowest BCUT2D eigenvalue weighted by Crippen LogP contribution is -2.34. The molecule has 4 rings (SSSR count). The molecular formula is C27H33N3O5S2. The van der Waals surface area contributed by atoms with E-state index in [1.165, 1.54) is 12.6 Å². The number of amides is 1. The second-order valence-electron chi connectivity index (χ2n) is 8.70. The number of carbonyl (C=O) groups is 1. The SMILES string of the molecule is Cc1cc(COc2ccc(S(=O)(=O)CC(C=C3CCSCC3)N(C)O)cc2)c2ccccc2n1.NC=O. The molecule has 1 saturated heterocycles. The van der Waals surface area contributed by atoms with E-state index in [4.69, 9.17) is 9.53 Å². The number of primary amides is 1. The summed E-state index contributed by atoms with van der Waals surface area (Å²) in [4.78, 5) is 13.4. The van der Waals surface area contributed by atoms with E-state index in [1.807, 2.05) is 55.1 Å². The first-order chi connectivity index (χ1) is 17.7. The molecule has 0 bridgehead atoms. The number of aromatic nitrogens is 1. The van der Waals surface area contributed by atoms with Gasteiger partial charge >= 0.3 is 0 Å². The zero-order valence-electron chi connectivity index (χ0n) is 21.0. The summed E-state index contributed by atoms with van der Waals surface area (Å²) in [6, 6.07) is 15.9. The molecule has 1 aliphatic heterocycles. The van der Waals surface area contributed by atoms with Crippen molar-refractivity contribution >= 4 is 38.9 Å². The van der Waals surface area contributed by atoms with Crippen LogP contribution < -0.4 is 10.5 Å². The smallest absolute Gasteiger partial charge is 0.204 e. The van der Waals surface area contributed by atoms with Crippen molar-refractivity contribution in [1.29, 1.82) is 0 Å². The highest BCUT2D eigenvalue weighted by atomic mass is 32.2. The third-order valence-corrected chi connectivity index (χ3v) is 8.70. The molecule has 1 atom stereocenters. The van der Waals surface area contributed by atoms with Gasteiger partial charge in [0.25, 0.3) is 0 Å². The number of nitrogens with two attached hydrogens (primary N) is 1. The number of nitrogens with zero attached hydrogens (tertiary/aromatic N) is 2. The normalized spacial score (nSPS) is 14.5. The van der Waals surface area contributed by atoms with E-state index in [9.17, 15) is 13.6 Å². The van der Waals surface area contributed by atoms with Crippen LogP contribution in [0.25, 0.3) is 10.9 Å². The number of sulfone groups is 1. The molecule has 1 aromatic heterocycles. The molecule has 2 aromatic carbocycles. The van der Waals surface area contributed by atoms with E-state index >= 15 is 0 Å². The summed E-state index contributed by atoms with van der Waals surface area (Å²) < 4.78 is 32.0. The summed E-state index contributed by atoms with van der Waals surface area (Å²) in [5.74, 6) is 2.49. The number of hydrogen-bond acceptors (Lipinski definition) is 8. The molecule has 1 fully saturated rings. The Labute approximate surface area is 222 Å². The molecule has 2 heterocycles. The van der Waals surface area contributed by atoms with Crippen molar-refractivity contribution in [2.24, 2.45) is 5.73 Å². The predicted molar refractivity (Wildman–Crippen MR) is 148 cm³/mol. The van der Waals surface area contributed by atoms with Crippen LogP contribution in [0.2, 0.25) is 0 Å². The summed E-state index contributed by atoms with van der Waals surface area (Å²) in [5.41, 5.74) is 8.25. The van der Waals surface area contributed by atoms with Gasteiger partial charge < -0.3 is 15.7 Å². The molecule has 1 aliphatic rings. The lowest BCUT2D eigenvalue weighted by Gasteiger charge is -2.22. The number of hydroxylamine groups is 2. The van der Waals surface area contributed by atoms with E-state index in [0.29, 0.717) is 12.4 Å². The van der Waals surface area contributed by atoms with Gasteiger partial charge in [0.15, 0.2) is 9.84 Å². The molecule has 8 nitrogen and oxygen atoms in total. The largest absolute Gasteiger partial charge is 0.489 e. The van der Waals surface area contributed by atoms with E-state index in [-0.39, 0.29) is 17.1 Å². The first kappa shape index (κ1) is 28.6. The lowest BCUT2D eigenvalue weighted by atomic mass is 10.1. The van der Waals surface area contributed by atoms with Gasteiger partial charge in [-0.1, -0.05) is 29.8 Å². The van der Waals surface area contributed by atoms with Crippen LogP contribution >= 0.6 is 11.8 Å². The molecule has 0 spiro atoms. The maximum Gasteiger partial charge on any atom is 0.204 e. The van der Waals surface area contributed by atoms with Crippen molar-refractivity contribution in [3.63, 3.8) is 0 Å². The van der Waals surface area contributed by atoms with Crippen LogP contribution in [-0.2, 0) is 21.2 Å². The summed E-state index contributed by atoms with van der Waals surface area (Å²) in [5, 5.41) is 12.1. The van der Waals surface area contributed by atoms with Crippen LogP contribution in [0.4, 0.5) is 0 Å². The van der Waals surface area contributed by atoms with Crippen LogP contribution in [-0.4, -0.2) is 60.4 Å². The number of ether oxygens (including phenoxy) is 1. The molecule has 3 aromatic rings. The van der Waals surface area contributed by atoms with Crippen LogP contribution in [0.15, 0.2) is 71.1 Å². The zero-order chi connectivity index (χ0) is 26.8. The molecule has 0 radical (unpaired) electrons. The Morgan fingerprint density at radius 1 is 1.16 bits per heavy atom. The number of pyridine rings is 1. The van der Waals surface area contributed by atoms with Gasteiger partial charge in [0.1, 0.15) is 12.4 Å². The Balaban J connectivity index is 0.00000121. The fraction of sp³-hybridized carbons (Fsp3) is 0.333. The van der Waals surface area contributed by atoms with E-state index < -0.39 is 15.9 Å². The van der Waals surface area contributed by atoms with Crippen molar-refractivity contribution < 1.29 is 23.2 Å². The molecule has 1 unspecified atom stereocenters. The van der Waals surface area contributed by atoms with Crippen molar-refractivity contribution in [1.82, 2.24) is 10.0 Å². The van der Waals surface area contributed by atoms with Crippen LogP contribution in [0.3, 0.4) is 0 Å². The summed E-state index contributed by atoms with van der Waals surface area (Å²) in [6.07, 6.45) is 4.04. The number of thioether (sulfide) groups is 1. The maximum atomic E-state index is 13.0. The predicted octanol–water partition coefficient (Wildman–Crippen LogP) is 4.14. The Kier molecular flexibility index (Phi) is 10.5. The number of aryl methyl sites for hydroxylation is 1. The van der Waals surface area contributed by atoms with Gasteiger partial charge in [0.05, 0.1) is 22.2 Å². The Hall–Kier alpha value is -2.92. The van der Waals surface area contributed by atoms with Crippen LogP contribution in [0.1, 0.15) is 24.1 Å². The number of hydrogen-bond donors (Lipinski definition) is 2. The van der Waals surface area contributed by atoms with Gasteiger partial charge in [0, 0.05) is 23.7 Å². The summed E-state index contributed by atoms with van der Waals surface area (Å²) in [7, 11) is -2.09. The number of carbonyl (C=O) groups excluding carboxylic acids is 1. The highest BCUT2D eigenvalue weighted by Gasteiger charge is 2.23. The summed E-state index contributed by atoms with van der Waals surface area (Å²) >= 11 is 1.90. The number of allylic oxidation sites excluding steroid dienone is 1. The van der Waals surface area contributed by atoms with Crippen LogP contribution in [0.5, 0.6) is 5.75 Å². The average Bonchev–Trinajstić information content (AvgIpc) is 2.88. The fourth-order valence-electron chi connectivity index (χ4n) is 4.08. The molecule has 1 amide bonds. The van der Waals surface area contributed by atoms with E-state index in [2.05, 4.69) is 10.7 Å². The monoisotopic (exact) mass is 543 g/mol. The van der Waals surface area contributed by atoms with Crippen molar-refractivity contribution in [3.05, 3.63) is 77.5 Å². The minimum atomic E-state index is -3.59. The van der Waals surface area contributed by atoms with Crippen molar-refractivity contribution in [2.45, 2.75) is 37.3 Å². The molecular weight excluding hydrogens is 510 g/mol. The molecule has 198 valence electrons. The minimum Gasteiger partial charge on any atom is -0.489 e. The van der Waals surface area contributed by atoms with Gasteiger partial charge in [-0.15, -0.1) is 0 Å². The second-order valence-corrected chi connectivity index (χ2v) is 12.0. The second kappa shape index (κ2) is 13.6. The Bertz CT molecular complexity index is 1320. The van der Waals surface area contributed by atoms with E-state index in [1.54, 1.807) is 24.3 Å². The average molecular weight is 544 g/mol. The fourth-order valence-corrected chi connectivity index (χ4v) is 6.60. The highest BCUT2D eigenvalue weighted by Crippen LogP contribution is 2.25. The van der Waals surface area contributed by atoms with Crippen molar-refractivity contribution in [2.75, 3.05) is 24.3 Å². The quantitative estimate of drug-likeness (QED) is 0.247. The molecule has 10 heteroatoms. The third-order valence-electron chi connectivity index (χ3n) is 5.94. The van der Waals surface area contributed by atoms with Gasteiger partial charge in [0.2, 0.25) is 6.41 Å². The third kappa shape index (κ3) is 8.29. The van der Waals surface area contributed by atoms with E-state index in [0.717, 1.165) is 51.6 Å². The first-order valence-electron chi connectivity index (χ1n) is 11.9. The minimum absolute atomic E-state index is 0.181. The Morgan fingerprint density at radius 2 is 1.81 bits per heavy atom. The van der Waals surface area contributed by atoms with Crippen LogP contribution in [0, 0.1) is 6.92 Å². The van der Waals surface area contributed by atoms with Gasteiger partial charge in [-0.2, -0.15) is 16.8 Å². The first-order valence-corrected chi connectivity index (χ1v) is 14.7. The topological polar surface area (TPSA) is 123 Å². The number of rotatable bonds is 8. The number of benzene rings is 2. The van der Waals surface area contributed by atoms with Gasteiger partial charge in [-0.05, 0) is 67.7 Å². The maximum absolute atomic E-state index is 13.0. The van der Waals surface area contributed by atoms with Crippen molar-refractivity contribution in [3.8, 4) is 5.75 Å². The molecule has 0 saturated carbocycles. The molecule has 0 aliphatic carbocycles. The number of para-hydroxylation sites is 1. The van der Waals surface area contributed by atoms with Gasteiger partial charge in [-0.25, -0.2) is 8.42 Å². The zero-order valence-corrected chi connectivity index (χ0v) is 22.7. The molecule has 37 heavy (non-hydrogen) atoms. The standard InChI is InChI=1S/C26H30N2O4S2.CH3NO/c1-19-15-21(25-5-3-4-6-26(25)27-19)17-32-23-7-9-24(10-8-23)34(30,31)18-22(28(2)29)16-20-11-13-33-14-12-20;2-1-3/h3-10,15-16,22,29H,11-14,17-18H2,1-2H3;1H,(H2,2,3). The van der Waals surface area contributed by atoms with Gasteiger partial charge in [-0.3, -0.25) is 9.78 Å². The Morgan fingerprint density at radius 3 is 2.46 bits per heavy atom. The summed E-state index contributed by atoms with van der Waals surface area (Å²) in [6.45, 7) is 2.31. The lowest BCUT2D eigenvalue weighted by molar-refractivity contribution is -0.106.